The SMILES string of the molecule is Cc1cnc(N2CCN(C(=O)c3ccc(N4C(=O)OCC4C)cc3S(C)(=O)=O)CC2)c(C)c1. The second-order valence-electron chi connectivity index (χ2n) is 8.68. The van der Waals surface area contributed by atoms with Gasteiger partial charge in [-0.1, -0.05) is 6.07 Å². The van der Waals surface area contributed by atoms with E-state index in [9.17, 15) is 18.0 Å². The number of pyridine rings is 1. The highest BCUT2D eigenvalue weighted by molar-refractivity contribution is 7.90. The van der Waals surface area contributed by atoms with Crippen molar-refractivity contribution in [3.8, 4) is 0 Å². The summed E-state index contributed by atoms with van der Waals surface area (Å²) in [6, 6.07) is 6.34. The van der Waals surface area contributed by atoms with E-state index in [2.05, 4.69) is 16.0 Å². The number of hydrogen-bond donors (Lipinski definition) is 0. The number of rotatable bonds is 4. The highest BCUT2D eigenvalue weighted by Gasteiger charge is 2.33. The maximum Gasteiger partial charge on any atom is 0.414 e. The minimum absolute atomic E-state index is 0.0876. The van der Waals surface area contributed by atoms with Crippen LogP contribution >= 0.6 is 0 Å². The maximum atomic E-state index is 13.3. The molecule has 1 unspecified atom stereocenters. The van der Waals surface area contributed by atoms with E-state index in [-0.39, 0.29) is 29.0 Å². The lowest BCUT2D eigenvalue weighted by atomic mass is 10.1. The molecule has 2 amide bonds. The Kier molecular flexibility index (Phi) is 6.04. The van der Waals surface area contributed by atoms with Crippen LogP contribution in [0.1, 0.15) is 28.4 Å². The van der Waals surface area contributed by atoms with Gasteiger partial charge in [-0.05, 0) is 50.1 Å². The van der Waals surface area contributed by atoms with Crippen LogP contribution in [0.5, 0.6) is 0 Å². The van der Waals surface area contributed by atoms with Crippen molar-refractivity contribution in [3.05, 3.63) is 47.2 Å². The molecule has 2 aliphatic rings. The molecule has 9 nitrogen and oxygen atoms in total. The molecule has 176 valence electrons. The zero-order valence-corrected chi connectivity index (χ0v) is 20.1. The van der Waals surface area contributed by atoms with Gasteiger partial charge in [-0.3, -0.25) is 9.69 Å². The summed E-state index contributed by atoms with van der Waals surface area (Å²) in [4.78, 5) is 35.0. The van der Waals surface area contributed by atoms with Crippen LogP contribution in [-0.4, -0.2) is 75.4 Å². The molecule has 1 atom stereocenters. The zero-order chi connectivity index (χ0) is 23.9. The number of sulfone groups is 1. The number of cyclic esters (lactones) is 1. The fourth-order valence-corrected chi connectivity index (χ4v) is 5.24. The van der Waals surface area contributed by atoms with Crippen LogP contribution in [0.15, 0.2) is 35.4 Å². The number of benzene rings is 1. The smallest absolute Gasteiger partial charge is 0.414 e. The lowest BCUT2D eigenvalue weighted by molar-refractivity contribution is 0.0742. The summed E-state index contributed by atoms with van der Waals surface area (Å²) < 4.78 is 30.1. The quantitative estimate of drug-likeness (QED) is 0.674. The number of aryl methyl sites for hydroxylation is 2. The third kappa shape index (κ3) is 4.52. The summed E-state index contributed by atoms with van der Waals surface area (Å²) in [6.45, 7) is 8.17. The molecule has 2 fully saturated rings. The first-order valence-electron chi connectivity index (χ1n) is 10.8. The standard InChI is InChI=1S/C23H28N4O5S/c1-15-11-16(2)21(24-13-15)25-7-9-26(10-8-25)22(28)19-6-5-18(12-20(19)33(4,30)31)27-17(3)14-32-23(27)29/h5-6,11-13,17H,7-10,14H2,1-4H3. The first-order chi connectivity index (χ1) is 15.6. The van der Waals surface area contributed by atoms with Crippen molar-refractivity contribution in [1.29, 1.82) is 0 Å². The van der Waals surface area contributed by atoms with E-state index in [0.29, 0.717) is 31.9 Å². The molecule has 33 heavy (non-hydrogen) atoms. The third-order valence-corrected chi connectivity index (χ3v) is 7.15. The van der Waals surface area contributed by atoms with Crippen LogP contribution in [0.25, 0.3) is 0 Å². The van der Waals surface area contributed by atoms with Gasteiger partial charge < -0.3 is 14.5 Å². The van der Waals surface area contributed by atoms with Gasteiger partial charge in [0.15, 0.2) is 9.84 Å². The normalized spacial score (nSPS) is 19.1. The topological polar surface area (TPSA) is 100 Å². The van der Waals surface area contributed by atoms with Gasteiger partial charge in [0.05, 0.1) is 16.5 Å². The number of carbonyl (C=O) groups excluding carboxylic acids is 2. The average molecular weight is 473 g/mol. The third-order valence-electron chi connectivity index (χ3n) is 6.01. The minimum atomic E-state index is -3.71. The molecular formula is C23H28N4O5S. The molecule has 0 saturated carbocycles. The fourth-order valence-electron chi connectivity index (χ4n) is 4.35. The van der Waals surface area contributed by atoms with Crippen molar-refractivity contribution in [2.24, 2.45) is 0 Å². The summed E-state index contributed by atoms with van der Waals surface area (Å²) in [5, 5.41) is 0. The van der Waals surface area contributed by atoms with E-state index in [1.165, 1.54) is 17.0 Å². The van der Waals surface area contributed by atoms with Gasteiger partial charge in [0.25, 0.3) is 5.91 Å². The number of ether oxygens (including phenoxy) is 1. The molecule has 3 heterocycles. The van der Waals surface area contributed by atoms with Gasteiger partial charge >= 0.3 is 6.09 Å². The molecule has 0 bridgehead atoms. The Bertz CT molecular complexity index is 1210. The number of amides is 2. The van der Waals surface area contributed by atoms with Gasteiger partial charge in [0.2, 0.25) is 0 Å². The van der Waals surface area contributed by atoms with Crippen molar-refractivity contribution in [2.45, 2.75) is 31.7 Å². The van der Waals surface area contributed by atoms with Crippen LogP contribution < -0.4 is 9.80 Å². The summed E-state index contributed by atoms with van der Waals surface area (Å²) in [7, 11) is -3.71. The van der Waals surface area contributed by atoms with E-state index >= 15 is 0 Å². The highest BCUT2D eigenvalue weighted by Crippen LogP contribution is 2.29. The van der Waals surface area contributed by atoms with Crippen LogP contribution in [0.2, 0.25) is 0 Å². The minimum Gasteiger partial charge on any atom is -0.447 e. The Balaban J connectivity index is 1.56. The molecule has 10 heteroatoms. The first kappa shape index (κ1) is 23.0. The molecule has 2 aliphatic heterocycles. The molecule has 1 aromatic carbocycles. The summed E-state index contributed by atoms with van der Waals surface area (Å²) in [5.41, 5.74) is 2.69. The monoisotopic (exact) mass is 472 g/mol. The lowest BCUT2D eigenvalue weighted by Gasteiger charge is -2.36. The second-order valence-corrected chi connectivity index (χ2v) is 10.7. The Hall–Kier alpha value is -3.14. The van der Waals surface area contributed by atoms with Gasteiger partial charge in [-0.2, -0.15) is 0 Å². The van der Waals surface area contributed by atoms with Crippen LogP contribution in [-0.2, 0) is 14.6 Å². The van der Waals surface area contributed by atoms with Crippen molar-refractivity contribution >= 4 is 33.3 Å². The fraction of sp³-hybridized carbons (Fsp3) is 0.435. The molecular weight excluding hydrogens is 444 g/mol. The predicted octanol–water partition coefficient (Wildman–Crippen LogP) is 2.41. The second kappa shape index (κ2) is 8.66. The Morgan fingerprint density at radius 1 is 1.12 bits per heavy atom. The molecule has 0 spiro atoms. The van der Waals surface area contributed by atoms with Gasteiger partial charge in [-0.25, -0.2) is 18.2 Å². The zero-order valence-electron chi connectivity index (χ0n) is 19.2. The van der Waals surface area contributed by atoms with Gasteiger partial charge in [0, 0.05) is 44.3 Å². The maximum absolute atomic E-state index is 13.3. The predicted molar refractivity (Wildman–Crippen MR) is 125 cm³/mol. The van der Waals surface area contributed by atoms with E-state index < -0.39 is 15.9 Å². The lowest BCUT2D eigenvalue weighted by Crippen LogP contribution is -2.49. The number of anilines is 2. The Labute approximate surface area is 193 Å². The van der Waals surface area contributed by atoms with Crippen LogP contribution in [0.3, 0.4) is 0 Å². The Morgan fingerprint density at radius 3 is 2.39 bits per heavy atom. The molecule has 0 aliphatic carbocycles. The van der Waals surface area contributed by atoms with Crippen molar-refractivity contribution < 1.29 is 22.7 Å². The summed E-state index contributed by atoms with van der Waals surface area (Å²) in [5.74, 6) is 0.563. The van der Waals surface area contributed by atoms with E-state index in [4.69, 9.17) is 4.74 Å². The first-order valence-corrected chi connectivity index (χ1v) is 12.7. The summed E-state index contributed by atoms with van der Waals surface area (Å²) in [6.07, 6.45) is 2.37. The molecule has 0 radical (unpaired) electrons. The molecule has 1 aromatic heterocycles. The highest BCUT2D eigenvalue weighted by atomic mass is 32.2. The molecule has 4 rings (SSSR count). The molecule has 2 aromatic rings. The van der Waals surface area contributed by atoms with E-state index in [1.807, 2.05) is 27.0 Å². The summed E-state index contributed by atoms with van der Waals surface area (Å²) >= 11 is 0. The number of hydrogen-bond acceptors (Lipinski definition) is 7. The van der Waals surface area contributed by atoms with Crippen LogP contribution in [0, 0.1) is 13.8 Å². The van der Waals surface area contributed by atoms with Crippen molar-refractivity contribution in [3.63, 3.8) is 0 Å². The largest absolute Gasteiger partial charge is 0.447 e. The van der Waals surface area contributed by atoms with Crippen molar-refractivity contribution in [1.82, 2.24) is 9.88 Å². The average Bonchev–Trinajstić information content (AvgIpc) is 3.10. The van der Waals surface area contributed by atoms with E-state index in [0.717, 1.165) is 23.2 Å². The number of carbonyl (C=O) groups is 2. The van der Waals surface area contributed by atoms with Gasteiger partial charge in [-0.15, -0.1) is 0 Å². The van der Waals surface area contributed by atoms with Crippen molar-refractivity contribution in [2.75, 3.05) is 48.8 Å². The Morgan fingerprint density at radius 2 is 1.82 bits per heavy atom. The van der Waals surface area contributed by atoms with Gasteiger partial charge in [0.1, 0.15) is 12.4 Å². The van der Waals surface area contributed by atoms with E-state index in [1.54, 1.807) is 11.0 Å². The molecule has 0 N–H and O–H groups in total. The number of nitrogens with zero attached hydrogens (tertiary/aromatic N) is 4. The van der Waals surface area contributed by atoms with Crippen LogP contribution in [0.4, 0.5) is 16.3 Å². The number of piperazine rings is 1. The number of aromatic nitrogens is 1. The molecule has 2 saturated heterocycles.